The van der Waals surface area contributed by atoms with Gasteiger partial charge in [-0.3, -0.25) is 0 Å². The van der Waals surface area contributed by atoms with Crippen LogP contribution in [0.2, 0.25) is 0 Å². The third kappa shape index (κ3) is 3.59. The van der Waals surface area contributed by atoms with Crippen LogP contribution in [-0.4, -0.2) is 9.97 Å². The maximum Gasteiger partial charge on any atom is 0.160 e. The summed E-state index contributed by atoms with van der Waals surface area (Å²) in [4.78, 5) is 9.71. The highest BCUT2D eigenvalue weighted by molar-refractivity contribution is 14.1. The Morgan fingerprint density at radius 3 is 2.19 bits per heavy atom. The first kappa shape index (κ1) is 19.6. The second kappa shape index (κ2) is 8.11. The molecule has 0 N–H and O–H groups in total. The summed E-state index contributed by atoms with van der Waals surface area (Å²) in [5, 5.41) is 2.58. The average molecular weight is 540 g/mol. The zero-order chi connectivity index (χ0) is 21.5. The lowest BCUT2D eigenvalue weighted by atomic mass is 10.0. The number of rotatable bonds is 3. The van der Waals surface area contributed by atoms with Crippen molar-refractivity contribution in [1.82, 2.24) is 9.97 Å². The van der Waals surface area contributed by atoms with E-state index < -0.39 is 0 Å². The van der Waals surface area contributed by atoms with Gasteiger partial charge >= 0.3 is 0 Å². The third-order valence-electron chi connectivity index (χ3n) is 5.60. The van der Waals surface area contributed by atoms with Crippen LogP contribution in [0.5, 0.6) is 0 Å². The van der Waals surface area contributed by atoms with Crippen molar-refractivity contribution in [2.45, 2.75) is 0 Å². The van der Waals surface area contributed by atoms with Crippen molar-refractivity contribution in [2.75, 3.05) is 0 Å². The summed E-state index contributed by atoms with van der Waals surface area (Å²) >= 11 is 4.12. The second-order valence-electron chi connectivity index (χ2n) is 7.66. The smallest absolute Gasteiger partial charge is 0.160 e. The maximum atomic E-state index is 4.97. The van der Waals surface area contributed by atoms with E-state index in [4.69, 9.17) is 9.97 Å². The lowest BCUT2D eigenvalue weighted by Gasteiger charge is -2.08. The Morgan fingerprint density at radius 1 is 0.531 bits per heavy atom. The summed E-state index contributed by atoms with van der Waals surface area (Å²) in [6.07, 6.45) is 0. The highest BCUT2D eigenvalue weighted by atomic mass is 127. The molecule has 0 saturated carbocycles. The van der Waals surface area contributed by atoms with Crippen molar-refractivity contribution in [1.29, 1.82) is 0 Å². The maximum absolute atomic E-state index is 4.97. The summed E-state index contributed by atoms with van der Waals surface area (Å²) in [5.41, 5.74) is 5.44. The Kier molecular flexibility index (Phi) is 4.97. The fraction of sp³-hybridized carbons (Fsp3) is 0. The number of benzene rings is 4. The minimum Gasteiger partial charge on any atom is -0.228 e. The van der Waals surface area contributed by atoms with E-state index in [9.17, 15) is 0 Å². The predicted molar refractivity (Wildman–Crippen MR) is 144 cm³/mol. The van der Waals surface area contributed by atoms with E-state index in [-0.39, 0.29) is 0 Å². The molecule has 4 aromatic carbocycles. The molecule has 0 aliphatic rings. The molecule has 0 saturated heterocycles. The molecular weight excluding hydrogens is 523 g/mol. The first-order valence-corrected chi connectivity index (χ1v) is 12.3. The van der Waals surface area contributed by atoms with E-state index in [2.05, 4.69) is 120 Å². The van der Waals surface area contributed by atoms with E-state index in [1.54, 1.807) is 0 Å². The topological polar surface area (TPSA) is 25.8 Å². The van der Waals surface area contributed by atoms with Crippen molar-refractivity contribution < 1.29 is 0 Å². The quantitative estimate of drug-likeness (QED) is 0.166. The molecule has 2 heterocycles. The minimum atomic E-state index is 0.750. The molecule has 0 bridgehead atoms. The molecule has 32 heavy (non-hydrogen) atoms. The van der Waals surface area contributed by atoms with Crippen molar-refractivity contribution in [2.24, 2.45) is 0 Å². The number of nitrogens with zero attached hydrogens (tertiary/aromatic N) is 2. The van der Waals surface area contributed by atoms with Crippen molar-refractivity contribution in [3.8, 4) is 33.8 Å². The van der Waals surface area contributed by atoms with Crippen LogP contribution in [0.15, 0.2) is 103 Å². The second-order valence-corrected chi connectivity index (χ2v) is 9.84. The van der Waals surface area contributed by atoms with Crippen LogP contribution >= 0.6 is 33.9 Å². The molecule has 0 aliphatic heterocycles. The van der Waals surface area contributed by atoms with Crippen LogP contribution in [0.25, 0.3) is 53.9 Å². The van der Waals surface area contributed by atoms with Crippen molar-refractivity contribution in [3.05, 3.63) is 107 Å². The van der Waals surface area contributed by atoms with E-state index in [0.29, 0.717) is 0 Å². The van der Waals surface area contributed by atoms with Crippen LogP contribution in [0, 0.1) is 3.70 Å². The van der Waals surface area contributed by atoms with Gasteiger partial charge in [0.15, 0.2) is 5.82 Å². The average Bonchev–Trinajstić information content (AvgIpc) is 3.22. The Bertz CT molecular complexity index is 1590. The molecule has 0 fully saturated rings. The van der Waals surface area contributed by atoms with Crippen LogP contribution in [0.4, 0.5) is 0 Å². The van der Waals surface area contributed by atoms with Gasteiger partial charge in [-0.25, -0.2) is 9.97 Å². The molecule has 0 radical (unpaired) electrons. The summed E-state index contributed by atoms with van der Waals surface area (Å²) in [6, 6.07) is 36.1. The van der Waals surface area contributed by atoms with Gasteiger partial charge in [0.2, 0.25) is 0 Å². The number of hydrogen-bond acceptors (Lipinski definition) is 3. The number of thiophene rings is 1. The molecule has 0 unspecified atom stereocenters. The number of fused-ring (bicyclic) bond motifs is 3. The largest absolute Gasteiger partial charge is 0.228 e. The van der Waals surface area contributed by atoms with E-state index in [1.165, 1.54) is 31.3 Å². The van der Waals surface area contributed by atoms with Gasteiger partial charge in [0, 0.05) is 31.3 Å². The Labute approximate surface area is 203 Å². The zero-order valence-electron chi connectivity index (χ0n) is 17.0. The van der Waals surface area contributed by atoms with Gasteiger partial charge < -0.3 is 0 Å². The molecule has 2 nitrogen and oxygen atoms in total. The Morgan fingerprint density at radius 2 is 1.28 bits per heavy atom. The standard InChI is InChI=1S/C28H17IN2S/c29-27-17-24(20-13-14-26-23(16-20)22-11-4-5-12-25(22)32-26)30-28(31-27)21-10-6-9-19(15-21)18-7-2-1-3-8-18/h1-17H. The van der Waals surface area contributed by atoms with Gasteiger partial charge in [0.25, 0.3) is 0 Å². The summed E-state index contributed by atoms with van der Waals surface area (Å²) < 4.78 is 3.55. The summed E-state index contributed by atoms with van der Waals surface area (Å²) in [6.45, 7) is 0. The predicted octanol–water partition coefficient (Wildman–Crippen LogP) is 8.45. The summed E-state index contributed by atoms with van der Waals surface area (Å²) in [5.74, 6) is 0.750. The van der Waals surface area contributed by atoms with E-state index >= 15 is 0 Å². The van der Waals surface area contributed by atoms with E-state index in [0.717, 1.165) is 26.3 Å². The summed E-state index contributed by atoms with van der Waals surface area (Å²) in [7, 11) is 0. The first-order chi connectivity index (χ1) is 15.7. The normalized spacial score (nSPS) is 11.3. The van der Waals surface area contributed by atoms with Crippen molar-refractivity contribution >= 4 is 54.1 Å². The lowest BCUT2D eigenvalue weighted by Crippen LogP contribution is -1.95. The molecule has 4 heteroatoms. The van der Waals surface area contributed by atoms with Gasteiger partial charge in [-0.05, 0) is 64.0 Å². The SMILES string of the molecule is Ic1cc(-c2ccc3sc4ccccc4c3c2)nc(-c2cccc(-c3ccccc3)c2)n1. The van der Waals surface area contributed by atoms with E-state index in [1.807, 2.05) is 17.4 Å². The van der Waals surface area contributed by atoms with Crippen molar-refractivity contribution in [3.63, 3.8) is 0 Å². The molecule has 152 valence electrons. The van der Waals surface area contributed by atoms with Crippen LogP contribution in [-0.2, 0) is 0 Å². The molecule has 0 aliphatic carbocycles. The molecule has 2 aromatic heterocycles. The number of halogens is 1. The fourth-order valence-corrected chi connectivity index (χ4v) is 5.66. The van der Waals surface area contributed by atoms with Crippen LogP contribution in [0.3, 0.4) is 0 Å². The highest BCUT2D eigenvalue weighted by Crippen LogP contribution is 2.36. The van der Waals surface area contributed by atoms with Crippen LogP contribution < -0.4 is 0 Å². The highest BCUT2D eigenvalue weighted by Gasteiger charge is 2.11. The van der Waals surface area contributed by atoms with Gasteiger partial charge in [0.1, 0.15) is 3.70 Å². The molecule has 0 spiro atoms. The first-order valence-electron chi connectivity index (χ1n) is 10.4. The third-order valence-corrected chi connectivity index (χ3v) is 7.30. The van der Waals surface area contributed by atoms with Gasteiger partial charge in [-0.15, -0.1) is 11.3 Å². The van der Waals surface area contributed by atoms with Crippen LogP contribution in [0.1, 0.15) is 0 Å². The van der Waals surface area contributed by atoms with Gasteiger partial charge in [-0.1, -0.05) is 72.8 Å². The molecule has 0 amide bonds. The van der Waals surface area contributed by atoms with Gasteiger partial charge in [-0.2, -0.15) is 0 Å². The molecular formula is C28H17IN2S. The molecule has 6 aromatic rings. The minimum absolute atomic E-state index is 0.750. The zero-order valence-corrected chi connectivity index (χ0v) is 20.0. The fourth-order valence-electron chi connectivity index (χ4n) is 4.05. The lowest BCUT2D eigenvalue weighted by molar-refractivity contribution is 1.15. The van der Waals surface area contributed by atoms with Gasteiger partial charge in [0.05, 0.1) is 5.69 Å². The number of hydrogen-bond donors (Lipinski definition) is 0. The molecule has 0 atom stereocenters. The monoisotopic (exact) mass is 540 g/mol. The Balaban J connectivity index is 1.46. The number of aromatic nitrogens is 2. The molecule has 6 rings (SSSR count). The Hall–Kier alpha value is -3.09.